The zero-order chi connectivity index (χ0) is 24.0. The van der Waals surface area contributed by atoms with Crippen molar-refractivity contribution in [3.8, 4) is 0 Å². The van der Waals surface area contributed by atoms with E-state index in [1.54, 1.807) is 24.1 Å². The summed E-state index contributed by atoms with van der Waals surface area (Å²) in [4.78, 5) is 32.1. The number of piperazine rings is 1. The van der Waals surface area contributed by atoms with E-state index < -0.39 is 30.2 Å². The summed E-state index contributed by atoms with van der Waals surface area (Å²) in [5.41, 5.74) is 4.38. The highest BCUT2D eigenvalue weighted by Gasteiger charge is 2.52. The highest BCUT2D eigenvalue weighted by atomic mass is 35.5. The smallest absolute Gasteiger partial charge is 0.378 e. The Morgan fingerprint density at radius 3 is 2.67 bits per heavy atom. The van der Waals surface area contributed by atoms with E-state index in [9.17, 15) is 22.8 Å². The summed E-state index contributed by atoms with van der Waals surface area (Å²) < 4.78 is 50.3. The second-order valence-corrected chi connectivity index (χ2v) is 8.34. The maximum Gasteiger partial charge on any atom is 0.403 e. The summed E-state index contributed by atoms with van der Waals surface area (Å²) in [5.74, 6) is -2.67. The predicted molar refractivity (Wildman–Crippen MR) is 114 cm³/mol. The molecule has 2 N–H and O–H groups in total. The molecule has 0 aliphatic carbocycles. The Hall–Kier alpha value is -2.15. The van der Waals surface area contributed by atoms with Crippen LogP contribution in [-0.2, 0) is 19.1 Å². The number of aromatic nitrogens is 1. The van der Waals surface area contributed by atoms with Crippen LogP contribution in [0.25, 0.3) is 0 Å². The molecule has 2 fully saturated rings. The Balaban J connectivity index is 1.34. The quantitative estimate of drug-likeness (QED) is 0.528. The number of carbonyl (C=O) groups is 2. The van der Waals surface area contributed by atoms with E-state index >= 15 is 0 Å². The number of nitrogens with zero attached hydrogens (tertiary/aromatic N) is 3. The number of halogens is 4. The van der Waals surface area contributed by atoms with Crippen molar-refractivity contribution < 1.29 is 32.2 Å². The summed E-state index contributed by atoms with van der Waals surface area (Å²) in [5, 5.41) is 0.563. The fourth-order valence-electron chi connectivity index (χ4n) is 3.73. The van der Waals surface area contributed by atoms with Gasteiger partial charge in [-0.25, -0.2) is 10.4 Å². The molecule has 0 radical (unpaired) electrons. The first kappa shape index (κ1) is 25.5. The van der Waals surface area contributed by atoms with E-state index in [4.69, 9.17) is 21.1 Å². The molecule has 2 aliphatic heterocycles. The van der Waals surface area contributed by atoms with E-state index in [0.717, 1.165) is 5.82 Å². The lowest BCUT2D eigenvalue weighted by Crippen LogP contribution is -2.60. The van der Waals surface area contributed by atoms with Gasteiger partial charge in [0.15, 0.2) is 5.92 Å². The average molecular weight is 494 g/mol. The van der Waals surface area contributed by atoms with Crippen molar-refractivity contribution in [3.63, 3.8) is 0 Å². The first-order valence-corrected chi connectivity index (χ1v) is 11.0. The fraction of sp³-hybridized carbons (Fsp3) is 0.650. The van der Waals surface area contributed by atoms with Crippen molar-refractivity contribution in [1.82, 2.24) is 20.7 Å². The van der Waals surface area contributed by atoms with Gasteiger partial charge in [0.2, 0.25) is 11.8 Å². The molecule has 184 valence electrons. The van der Waals surface area contributed by atoms with Crippen LogP contribution in [0.5, 0.6) is 0 Å². The van der Waals surface area contributed by atoms with Crippen LogP contribution >= 0.6 is 11.6 Å². The van der Waals surface area contributed by atoms with Crippen molar-refractivity contribution in [2.75, 3.05) is 50.8 Å². The van der Waals surface area contributed by atoms with Crippen molar-refractivity contribution in [2.24, 2.45) is 5.92 Å². The number of pyridine rings is 1. The van der Waals surface area contributed by atoms with Crippen LogP contribution < -0.4 is 15.8 Å². The van der Waals surface area contributed by atoms with E-state index in [1.807, 2.05) is 11.5 Å². The minimum absolute atomic E-state index is 0.00594. The summed E-state index contributed by atoms with van der Waals surface area (Å²) in [6.07, 6.45) is -5.01. The largest absolute Gasteiger partial charge is 0.403 e. The zero-order valence-electron chi connectivity index (χ0n) is 18.1. The summed E-state index contributed by atoms with van der Waals surface area (Å²) in [7, 11) is 0. The second kappa shape index (κ2) is 11.3. The number of hydrogen-bond donors (Lipinski definition) is 2. The van der Waals surface area contributed by atoms with Crippen LogP contribution in [0, 0.1) is 5.92 Å². The van der Waals surface area contributed by atoms with E-state index in [0.29, 0.717) is 31.2 Å². The van der Waals surface area contributed by atoms with Gasteiger partial charge in [0.25, 0.3) is 0 Å². The second-order valence-electron chi connectivity index (χ2n) is 7.90. The molecule has 1 aromatic heterocycles. The van der Waals surface area contributed by atoms with E-state index in [2.05, 4.69) is 15.3 Å². The Morgan fingerprint density at radius 1 is 1.30 bits per heavy atom. The molecule has 2 saturated heterocycles. The number of hydrogen-bond acceptors (Lipinski definition) is 7. The average Bonchev–Trinajstić information content (AvgIpc) is 2.76. The molecule has 0 bridgehead atoms. The molecular weight excluding hydrogens is 467 g/mol. The molecule has 0 aromatic carbocycles. The number of nitrogens with one attached hydrogen (secondary N) is 2. The lowest BCUT2D eigenvalue weighted by atomic mass is 9.99. The summed E-state index contributed by atoms with van der Waals surface area (Å²) in [6.45, 7) is 3.92. The number of carbonyl (C=O) groups excluding carboxylic acids is 2. The van der Waals surface area contributed by atoms with Crippen molar-refractivity contribution in [1.29, 1.82) is 0 Å². The molecule has 1 aromatic rings. The van der Waals surface area contributed by atoms with Gasteiger partial charge in [-0.2, -0.15) is 13.2 Å². The van der Waals surface area contributed by atoms with Gasteiger partial charge in [0, 0.05) is 38.9 Å². The van der Waals surface area contributed by atoms with Crippen LogP contribution in [-0.4, -0.2) is 86.0 Å². The number of hydrazine groups is 1. The molecule has 3 heterocycles. The van der Waals surface area contributed by atoms with Gasteiger partial charge >= 0.3 is 6.18 Å². The van der Waals surface area contributed by atoms with Crippen LogP contribution in [0.15, 0.2) is 18.3 Å². The third kappa shape index (κ3) is 7.16. The molecule has 2 amide bonds. The lowest BCUT2D eigenvalue weighted by Gasteiger charge is -2.35. The zero-order valence-corrected chi connectivity index (χ0v) is 18.9. The van der Waals surface area contributed by atoms with Crippen molar-refractivity contribution in [2.45, 2.75) is 31.7 Å². The first-order valence-electron chi connectivity index (χ1n) is 10.6. The maximum atomic E-state index is 13.1. The van der Waals surface area contributed by atoms with Crippen LogP contribution in [0.4, 0.5) is 19.0 Å². The van der Waals surface area contributed by atoms with Gasteiger partial charge in [-0.3, -0.25) is 15.0 Å². The highest BCUT2D eigenvalue weighted by Crippen LogP contribution is 2.32. The van der Waals surface area contributed by atoms with Crippen LogP contribution in [0.1, 0.15) is 13.3 Å². The molecule has 3 atom stereocenters. The third-order valence-corrected chi connectivity index (χ3v) is 5.63. The topological polar surface area (TPSA) is 96.0 Å². The van der Waals surface area contributed by atoms with Gasteiger partial charge in [-0.1, -0.05) is 11.6 Å². The first-order chi connectivity index (χ1) is 15.6. The van der Waals surface area contributed by atoms with E-state index in [1.165, 1.54) is 0 Å². The molecule has 13 heteroatoms. The molecule has 33 heavy (non-hydrogen) atoms. The van der Waals surface area contributed by atoms with Gasteiger partial charge < -0.3 is 19.3 Å². The minimum Gasteiger partial charge on any atom is -0.378 e. The monoisotopic (exact) mass is 493 g/mol. The number of ether oxygens (including phenoxy) is 2. The Labute approximate surface area is 194 Å². The Kier molecular flexibility index (Phi) is 8.74. The van der Waals surface area contributed by atoms with Crippen molar-refractivity contribution in [3.05, 3.63) is 23.4 Å². The minimum atomic E-state index is -4.71. The van der Waals surface area contributed by atoms with E-state index in [-0.39, 0.29) is 32.1 Å². The van der Waals surface area contributed by atoms with Gasteiger partial charge in [-0.05, 0) is 19.1 Å². The Bertz CT molecular complexity index is 806. The summed E-state index contributed by atoms with van der Waals surface area (Å²) >= 11 is 5.86. The van der Waals surface area contributed by atoms with Gasteiger partial charge in [0.1, 0.15) is 5.82 Å². The van der Waals surface area contributed by atoms with Gasteiger partial charge in [0.05, 0.1) is 36.9 Å². The molecule has 2 unspecified atom stereocenters. The molecule has 0 saturated carbocycles. The molecule has 0 spiro atoms. The third-order valence-electron chi connectivity index (χ3n) is 5.41. The van der Waals surface area contributed by atoms with Crippen LogP contribution in [0.2, 0.25) is 5.02 Å². The number of rotatable bonds is 8. The van der Waals surface area contributed by atoms with Crippen molar-refractivity contribution >= 4 is 29.2 Å². The number of alkyl halides is 3. The predicted octanol–water partition coefficient (Wildman–Crippen LogP) is 1.38. The number of anilines is 1. The summed E-state index contributed by atoms with van der Waals surface area (Å²) in [6, 6.07) is 3.61. The molecule has 9 nitrogen and oxygen atoms in total. The van der Waals surface area contributed by atoms with Gasteiger partial charge in [-0.15, -0.1) is 0 Å². The molecule has 3 rings (SSSR count). The SMILES string of the molecule is C[C@@H](COCCC(=O)N1CCN(c2ccc(Cl)cn2)CC1)OC1CNNC(=O)C1C(F)(F)F. The number of amides is 2. The molecular formula is C20H27ClF3N5O4. The standard InChI is InChI=1S/C20H27ClF3N5O4/c1-13(33-15-11-26-27-19(31)18(15)20(22,23)24)12-32-9-4-17(30)29-7-5-28(6-8-29)16-3-2-14(21)10-25-16/h2-3,10,13,15,18,26H,4-9,11-12H2,1H3,(H,27,31)/t13-,15?,18?/m0/s1. The Morgan fingerprint density at radius 2 is 2.03 bits per heavy atom. The normalized spacial score (nSPS) is 22.8. The maximum absolute atomic E-state index is 13.1. The molecule has 2 aliphatic rings. The van der Waals surface area contributed by atoms with Crippen LogP contribution in [0.3, 0.4) is 0 Å². The fourth-order valence-corrected chi connectivity index (χ4v) is 3.85. The highest BCUT2D eigenvalue weighted by molar-refractivity contribution is 6.30. The lowest BCUT2D eigenvalue weighted by molar-refractivity contribution is -0.219.